The zero-order valence-electron chi connectivity index (χ0n) is 6.97. The molecule has 0 amide bonds. The van der Waals surface area contributed by atoms with Gasteiger partial charge in [-0.3, -0.25) is 0 Å². The van der Waals surface area contributed by atoms with Crippen LogP contribution in [0.15, 0.2) is 18.3 Å². The molecule has 0 unspecified atom stereocenters. The second-order valence-electron chi connectivity index (χ2n) is 2.05. The van der Waals surface area contributed by atoms with E-state index >= 15 is 0 Å². The first kappa shape index (κ1) is 14.8. The molecule has 0 atom stereocenters. The number of anilines is 1. The van der Waals surface area contributed by atoms with Gasteiger partial charge in [-0.2, -0.15) is 0 Å². The number of hydrogen-bond donors (Lipinski definition) is 2. The number of nitrogens with two attached hydrogens (primary N) is 2. The van der Waals surface area contributed by atoms with Crippen LogP contribution in [0.5, 0.6) is 5.75 Å². The van der Waals surface area contributed by atoms with Gasteiger partial charge in [-0.25, -0.2) is 4.98 Å². The van der Waals surface area contributed by atoms with Gasteiger partial charge >= 0.3 is 0 Å². The molecule has 0 saturated heterocycles. The van der Waals surface area contributed by atoms with Crippen molar-refractivity contribution in [2.45, 2.75) is 0 Å². The number of aromatic nitrogens is 1. The summed E-state index contributed by atoms with van der Waals surface area (Å²) in [5.41, 5.74) is 10.7. The van der Waals surface area contributed by atoms with E-state index in [4.69, 9.17) is 16.2 Å². The molecule has 1 aromatic rings. The molecule has 1 heterocycles. The van der Waals surface area contributed by atoms with E-state index in [9.17, 15) is 0 Å². The first-order valence-corrected chi connectivity index (χ1v) is 3.37. The van der Waals surface area contributed by atoms with Crippen molar-refractivity contribution in [2.75, 3.05) is 18.9 Å². The Kier molecular flexibility index (Phi) is 9.01. The van der Waals surface area contributed by atoms with Crippen molar-refractivity contribution in [3.63, 3.8) is 0 Å². The topological polar surface area (TPSA) is 74.2 Å². The average Bonchev–Trinajstić information content (AvgIpc) is 2.01. The maximum Gasteiger partial charge on any atom is 0.126 e. The fourth-order valence-corrected chi connectivity index (χ4v) is 0.694. The minimum Gasteiger partial charge on any atom is -0.492 e. The molecule has 0 saturated carbocycles. The van der Waals surface area contributed by atoms with E-state index in [1.165, 1.54) is 0 Å². The van der Waals surface area contributed by atoms with Gasteiger partial charge in [0.05, 0.1) is 0 Å². The van der Waals surface area contributed by atoms with E-state index in [0.29, 0.717) is 24.7 Å². The molecule has 76 valence electrons. The van der Waals surface area contributed by atoms with Crippen LogP contribution in [-0.2, 0) is 0 Å². The van der Waals surface area contributed by atoms with Crippen LogP contribution in [0.1, 0.15) is 0 Å². The molecule has 1 rings (SSSR count). The minimum atomic E-state index is 0. The van der Waals surface area contributed by atoms with Crippen molar-refractivity contribution < 1.29 is 4.74 Å². The lowest BCUT2D eigenvalue weighted by atomic mass is 10.4. The van der Waals surface area contributed by atoms with Gasteiger partial charge in [0.2, 0.25) is 0 Å². The molecule has 4 N–H and O–H groups in total. The normalized spacial score (nSPS) is 8.08. The smallest absolute Gasteiger partial charge is 0.126 e. The molecular formula is C7H13Cl2N3O. The highest BCUT2D eigenvalue weighted by atomic mass is 35.5. The number of nitrogens with zero attached hydrogens (tertiary/aromatic N) is 1. The lowest BCUT2D eigenvalue weighted by molar-refractivity contribution is 0.328. The average molecular weight is 226 g/mol. The Morgan fingerprint density at radius 3 is 2.62 bits per heavy atom. The number of nitrogen functional groups attached to an aromatic ring is 1. The zero-order valence-corrected chi connectivity index (χ0v) is 8.61. The molecule has 0 aliphatic carbocycles. The number of ether oxygens (including phenoxy) is 1. The van der Waals surface area contributed by atoms with Crippen LogP contribution in [-0.4, -0.2) is 18.1 Å². The molecule has 0 aliphatic heterocycles. The van der Waals surface area contributed by atoms with E-state index in [0.717, 1.165) is 0 Å². The largest absolute Gasteiger partial charge is 0.492 e. The molecular weight excluding hydrogens is 213 g/mol. The Morgan fingerprint density at radius 2 is 2.08 bits per heavy atom. The molecule has 4 nitrogen and oxygen atoms in total. The molecule has 0 bridgehead atoms. The van der Waals surface area contributed by atoms with Crippen LogP contribution in [0.3, 0.4) is 0 Å². The van der Waals surface area contributed by atoms with Crippen molar-refractivity contribution in [2.24, 2.45) is 5.73 Å². The zero-order chi connectivity index (χ0) is 8.10. The van der Waals surface area contributed by atoms with Crippen molar-refractivity contribution in [3.05, 3.63) is 18.3 Å². The second kappa shape index (κ2) is 7.91. The van der Waals surface area contributed by atoms with Gasteiger partial charge in [0.1, 0.15) is 18.2 Å². The maximum absolute atomic E-state index is 5.41. The Labute approximate surface area is 89.5 Å². The number of rotatable bonds is 3. The van der Waals surface area contributed by atoms with E-state index in [1.54, 1.807) is 18.3 Å². The van der Waals surface area contributed by atoms with E-state index in [1.807, 2.05) is 0 Å². The second-order valence-corrected chi connectivity index (χ2v) is 2.05. The summed E-state index contributed by atoms with van der Waals surface area (Å²) in [4.78, 5) is 3.81. The number of hydrogen-bond acceptors (Lipinski definition) is 4. The minimum absolute atomic E-state index is 0. The fourth-order valence-electron chi connectivity index (χ4n) is 0.694. The van der Waals surface area contributed by atoms with Crippen molar-refractivity contribution in [1.29, 1.82) is 0 Å². The molecule has 13 heavy (non-hydrogen) atoms. The molecule has 1 aromatic heterocycles. The van der Waals surface area contributed by atoms with Gasteiger partial charge < -0.3 is 16.2 Å². The van der Waals surface area contributed by atoms with Gasteiger partial charge in [0, 0.05) is 18.8 Å². The third-order valence-corrected chi connectivity index (χ3v) is 1.14. The summed E-state index contributed by atoms with van der Waals surface area (Å²) >= 11 is 0. The van der Waals surface area contributed by atoms with E-state index in [2.05, 4.69) is 4.98 Å². The Hall–Kier alpha value is -0.710. The standard InChI is InChI=1S/C7H11N3O.2ClH/c8-2-4-11-6-1-3-10-7(9)5-6;;/h1,3,5H,2,4,8H2,(H2,9,10);2*1H. The summed E-state index contributed by atoms with van der Waals surface area (Å²) in [7, 11) is 0. The predicted molar refractivity (Wildman–Crippen MR) is 57.7 cm³/mol. The Morgan fingerprint density at radius 1 is 1.38 bits per heavy atom. The highest BCUT2D eigenvalue weighted by Crippen LogP contribution is 2.10. The highest BCUT2D eigenvalue weighted by Gasteiger charge is 1.92. The summed E-state index contributed by atoms with van der Waals surface area (Å²) < 4.78 is 5.19. The van der Waals surface area contributed by atoms with Crippen molar-refractivity contribution in [3.8, 4) is 5.75 Å². The first-order chi connectivity index (χ1) is 5.33. The highest BCUT2D eigenvalue weighted by molar-refractivity contribution is 5.85. The van der Waals surface area contributed by atoms with Gasteiger partial charge in [0.15, 0.2) is 0 Å². The van der Waals surface area contributed by atoms with Gasteiger partial charge in [-0.15, -0.1) is 24.8 Å². The van der Waals surface area contributed by atoms with Gasteiger partial charge in [0.25, 0.3) is 0 Å². The summed E-state index contributed by atoms with van der Waals surface area (Å²) in [5, 5.41) is 0. The Bertz CT molecular complexity index is 235. The van der Waals surface area contributed by atoms with E-state index < -0.39 is 0 Å². The van der Waals surface area contributed by atoms with Crippen LogP contribution in [0.2, 0.25) is 0 Å². The van der Waals surface area contributed by atoms with Crippen molar-refractivity contribution in [1.82, 2.24) is 4.98 Å². The Balaban J connectivity index is 0. The molecule has 0 aliphatic rings. The van der Waals surface area contributed by atoms with Crippen LogP contribution < -0.4 is 16.2 Å². The fraction of sp³-hybridized carbons (Fsp3) is 0.286. The molecule has 0 fully saturated rings. The van der Waals surface area contributed by atoms with Crippen molar-refractivity contribution >= 4 is 30.6 Å². The lowest BCUT2D eigenvalue weighted by Crippen LogP contribution is -2.10. The summed E-state index contributed by atoms with van der Waals surface area (Å²) in [6.45, 7) is 1.01. The summed E-state index contributed by atoms with van der Waals surface area (Å²) in [6.07, 6.45) is 1.60. The predicted octanol–water partition coefficient (Wildman–Crippen LogP) is 0.845. The quantitative estimate of drug-likeness (QED) is 0.800. The van der Waals surface area contributed by atoms with Gasteiger partial charge in [-0.05, 0) is 6.07 Å². The van der Waals surface area contributed by atoms with Crippen LogP contribution in [0.4, 0.5) is 5.82 Å². The lowest BCUT2D eigenvalue weighted by Gasteiger charge is -2.03. The SMILES string of the molecule is Cl.Cl.NCCOc1ccnc(N)c1. The third kappa shape index (κ3) is 5.52. The summed E-state index contributed by atoms with van der Waals surface area (Å²) in [5.74, 6) is 1.17. The summed E-state index contributed by atoms with van der Waals surface area (Å²) in [6, 6.07) is 3.40. The number of halogens is 2. The monoisotopic (exact) mass is 225 g/mol. The van der Waals surface area contributed by atoms with Gasteiger partial charge in [-0.1, -0.05) is 0 Å². The molecule has 0 aromatic carbocycles. The van der Waals surface area contributed by atoms with Crippen LogP contribution >= 0.6 is 24.8 Å². The van der Waals surface area contributed by atoms with Crippen LogP contribution in [0.25, 0.3) is 0 Å². The molecule has 0 spiro atoms. The van der Waals surface area contributed by atoms with Crippen LogP contribution in [0, 0.1) is 0 Å². The third-order valence-electron chi connectivity index (χ3n) is 1.14. The first-order valence-electron chi connectivity index (χ1n) is 3.37. The maximum atomic E-state index is 5.41. The molecule has 6 heteroatoms. The van der Waals surface area contributed by atoms with E-state index in [-0.39, 0.29) is 24.8 Å². The molecule has 0 radical (unpaired) electrons. The number of pyridine rings is 1.